The number of phenolic OH excluding ortho intramolecular Hbond substituents is 1. The molecule has 0 amide bonds. The number of alkyl halides is 3. The zero-order valence-corrected chi connectivity index (χ0v) is 15.4. The average molecular weight is 402 g/mol. The van der Waals surface area contributed by atoms with E-state index in [1.54, 1.807) is 0 Å². The normalized spacial score (nSPS) is 11.2. The van der Waals surface area contributed by atoms with E-state index in [-0.39, 0.29) is 23.7 Å². The molecule has 0 aromatic heterocycles. The van der Waals surface area contributed by atoms with Gasteiger partial charge in [-0.15, -0.1) is 0 Å². The van der Waals surface area contributed by atoms with Crippen LogP contribution in [0.1, 0.15) is 21.5 Å². The summed E-state index contributed by atoms with van der Waals surface area (Å²) in [6, 6.07) is 16.3. The van der Waals surface area contributed by atoms with Crippen molar-refractivity contribution in [2.45, 2.75) is 12.8 Å². The highest BCUT2D eigenvalue weighted by Crippen LogP contribution is 2.38. The molecule has 0 bridgehead atoms. The van der Waals surface area contributed by atoms with Gasteiger partial charge in [0.2, 0.25) is 0 Å². The molecule has 0 aliphatic rings. The molecule has 3 aromatic carbocycles. The fraction of sp³-hybridized carbons (Fsp3) is 0.136. The molecular formula is C22H17F3O4. The number of ether oxygens (including phenoxy) is 2. The Morgan fingerprint density at radius 3 is 2.24 bits per heavy atom. The first kappa shape index (κ1) is 20.3. The highest BCUT2D eigenvalue weighted by molar-refractivity contribution is 5.95. The minimum absolute atomic E-state index is 0.116. The van der Waals surface area contributed by atoms with E-state index < -0.39 is 17.7 Å². The number of carbonyl (C=O) groups excluding carboxylic acids is 1. The Bertz CT molecular complexity index is 997. The summed E-state index contributed by atoms with van der Waals surface area (Å²) in [6.45, 7) is 0.172. The maximum atomic E-state index is 12.9. The Labute approximate surface area is 165 Å². The number of carbonyl (C=O) groups is 1. The van der Waals surface area contributed by atoms with Crippen LogP contribution in [0.5, 0.6) is 11.5 Å². The molecular weight excluding hydrogens is 385 g/mol. The second-order valence-corrected chi connectivity index (χ2v) is 6.21. The van der Waals surface area contributed by atoms with Crippen LogP contribution < -0.4 is 4.74 Å². The third-order valence-corrected chi connectivity index (χ3v) is 4.26. The van der Waals surface area contributed by atoms with Gasteiger partial charge in [-0.25, -0.2) is 4.79 Å². The van der Waals surface area contributed by atoms with E-state index in [1.807, 2.05) is 30.3 Å². The number of methoxy groups -OCH3 is 1. The van der Waals surface area contributed by atoms with Gasteiger partial charge in [0.15, 0.2) is 0 Å². The van der Waals surface area contributed by atoms with Gasteiger partial charge in [-0.1, -0.05) is 42.5 Å². The molecule has 0 spiro atoms. The van der Waals surface area contributed by atoms with Crippen LogP contribution in [0.25, 0.3) is 11.1 Å². The Hall–Kier alpha value is -3.48. The van der Waals surface area contributed by atoms with Crippen LogP contribution >= 0.6 is 0 Å². The van der Waals surface area contributed by atoms with Gasteiger partial charge in [0.1, 0.15) is 23.7 Å². The number of hydrogen-bond acceptors (Lipinski definition) is 4. The third-order valence-electron chi connectivity index (χ3n) is 4.26. The van der Waals surface area contributed by atoms with Crippen molar-refractivity contribution in [1.82, 2.24) is 0 Å². The molecule has 3 aromatic rings. The van der Waals surface area contributed by atoms with E-state index in [1.165, 1.54) is 31.4 Å². The predicted molar refractivity (Wildman–Crippen MR) is 101 cm³/mol. The number of benzene rings is 3. The van der Waals surface area contributed by atoms with Gasteiger partial charge >= 0.3 is 12.1 Å². The molecule has 4 nitrogen and oxygen atoms in total. The number of hydrogen-bond donors (Lipinski definition) is 1. The second-order valence-electron chi connectivity index (χ2n) is 6.21. The molecule has 29 heavy (non-hydrogen) atoms. The van der Waals surface area contributed by atoms with Crippen molar-refractivity contribution in [3.63, 3.8) is 0 Å². The first-order chi connectivity index (χ1) is 13.8. The lowest BCUT2D eigenvalue weighted by Crippen LogP contribution is -2.05. The van der Waals surface area contributed by atoms with E-state index in [4.69, 9.17) is 4.74 Å². The summed E-state index contributed by atoms with van der Waals surface area (Å²) >= 11 is 0. The first-order valence-corrected chi connectivity index (χ1v) is 8.59. The SMILES string of the molecule is COC(=O)c1cc(-c2ccc(C(F)(F)F)cc2)c(OCc2ccccc2)cc1O. The van der Waals surface area contributed by atoms with Crippen LogP contribution in [0.15, 0.2) is 66.7 Å². The zero-order chi connectivity index (χ0) is 21.0. The van der Waals surface area contributed by atoms with Crippen LogP contribution in [-0.2, 0) is 17.5 Å². The molecule has 0 saturated carbocycles. The van der Waals surface area contributed by atoms with Gasteiger partial charge in [0.05, 0.1) is 12.7 Å². The molecule has 0 unspecified atom stereocenters. The van der Waals surface area contributed by atoms with Gasteiger partial charge in [0, 0.05) is 11.6 Å². The molecule has 0 radical (unpaired) electrons. The number of aromatic hydroxyl groups is 1. The van der Waals surface area contributed by atoms with Crippen molar-refractivity contribution in [3.05, 3.63) is 83.4 Å². The van der Waals surface area contributed by atoms with Crippen molar-refractivity contribution >= 4 is 5.97 Å². The van der Waals surface area contributed by atoms with Crippen molar-refractivity contribution < 1.29 is 32.5 Å². The quantitative estimate of drug-likeness (QED) is 0.577. The van der Waals surface area contributed by atoms with E-state index >= 15 is 0 Å². The maximum absolute atomic E-state index is 12.9. The summed E-state index contributed by atoms with van der Waals surface area (Å²) in [5.74, 6) is -0.903. The third kappa shape index (κ3) is 4.68. The topological polar surface area (TPSA) is 55.8 Å². The van der Waals surface area contributed by atoms with Gasteiger partial charge in [-0.2, -0.15) is 13.2 Å². The summed E-state index contributed by atoms with van der Waals surface area (Å²) in [7, 11) is 1.17. The Kier molecular flexibility index (Phi) is 5.77. The van der Waals surface area contributed by atoms with E-state index in [0.717, 1.165) is 17.7 Å². The van der Waals surface area contributed by atoms with Crippen molar-refractivity contribution in [3.8, 4) is 22.6 Å². The second kappa shape index (κ2) is 8.26. The number of halogens is 3. The minimum Gasteiger partial charge on any atom is -0.507 e. The highest BCUT2D eigenvalue weighted by atomic mass is 19.4. The lowest BCUT2D eigenvalue weighted by atomic mass is 9.99. The fourth-order valence-electron chi connectivity index (χ4n) is 2.76. The number of esters is 1. The number of rotatable bonds is 5. The zero-order valence-electron chi connectivity index (χ0n) is 15.4. The Morgan fingerprint density at radius 1 is 1.00 bits per heavy atom. The van der Waals surface area contributed by atoms with E-state index in [2.05, 4.69) is 4.74 Å². The van der Waals surface area contributed by atoms with Crippen molar-refractivity contribution in [2.24, 2.45) is 0 Å². The Morgan fingerprint density at radius 2 is 1.66 bits per heavy atom. The number of phenols is 1. The summed E-state index contributed by atoms with van der Waals surface area (Å²) < 4.78 is 49.0. The van der Waals surface area contributed by atoms with Crippen molar-refractivity contribution in [1.29, 1.82) is 0 Å². The van der Waals surface area contributed by atoms with Crippen LogP contribution in [-0.4, -0.2) is 18.2 Å². The molecule has 0 fully saturated rings. The molecule has 3 rings (SSSR count). The summed E-state index contributed by atoms with van der Waals surface area (Å²) in [5, 5.41) is 10.2. The first-order valence-electron chi connectivity index (χ1n) is 8.59. The van der Waals surface area contributed by atoms with E-state index in [0.29, 0.717) is 11.1 Å². The lowest BCUT2D eigenvalue weighted by molar-refractivity contribution is -0.137. The highest BCUT2D eigenvalue weighted by Gasteiger charge is 2.30. The van der Waals surface area contributed by atoms with Crippen LogP contribution in [0.2, 0.25) is 0 Å². The van der Waals surface area contributed by atoms with Crippen LogP contribution in [0, 0.1) is 0 Å². The van der Waals surface area contributed by atoms with Crippen LogP contribution in [0.3, 0.4) is 0 Å². The minimum atomic E-state index is -4.46. The average Bonchev–Trinajstić information content (AvgIpc) is 2.72. The monoisotopic (exact) mass is 402 g/mol. The molecule has 1 N–H and O–H groups in total. The molecule has 0 heterocycles. The molecule has 0 aliphatic heterocycles. The van der Waals surface area contributed by atoms with E-state index in [9.17, 15) is 23.1 Å². The molecule has 0 saturated heterocycles. The molecule has 7 heteroatoms. The van der Waals surface area contributed by atoms with Crippen LogP contribution in [0.4, 0.5) is 13.2 Å². The summed E-state index contributed by atoms with van der Waals surface area (Å²) in [6.07, 6.45) is -4.46. The van der Waals surface area contributed by atoms with Gasteiger partial charge in [-0.3, -0.25) is 0 Å². The largest absolute Gasteiger partial charge is 0.507 e. The summed E-state index contributed by atoms with van der Waals surface area (Å²) in [5.41, 5.74) is 0.705. The van der Waals surface area contributed by atoms with Crippen molar-refractivity contribution in [2.75, 3.05) is 7.11 Å². The standard InChI is InChI=1S/C22H17F3O4/c1-28-21(27)18-11-17(15-7-9-16(10-8-15)22(23,24)25)20(12-19(18)26)29-13-14-5-3-2-4-6-14/h2-12,26H,13H2,1H3. The smallest absolute Gasteiger partial charge is 0.416 e. The maximum Gasteiger partial charge on any atom is 0.416 e. The van der Waals surface area contributed by atoms with Gasteiger partial charge in [-0.05, 0) is 29.3 Å². The van der Waals surface area contributed by atoms with Gasteiger partial charge < -0.3 is 14.6 Å². The molecule has 0 aliphatic carbocycles. The fourth-order valence-corrected chi connectivity index (χ4v) is 2.76. The lowest BCUT2D eigenvalue weighted by Gasteiger charge is -2.15. The molecule has 150 valence electrons. The molecule has 0 atom stereocenters. The predicted octanol–water partition coefficient (Wildman–Crippen LogP) is 5.44. The Balaban J connectivity index is 2.02. The van der Waals surface area contributed by atoms with Gasteiger partial charge in [0.25, 0.3) is 0 Å². The summed E-state index contributed by atoms with van der Waals surface area (Å²) in [4.78, 5) is 11.9.